The molecule has 2 aliphatic rings. The van der Waals surface area contributed by atoms with Crippen molar-refractivity contribution in [2.24, 2.45) is 0 Å². The lowest BCUT2D eigenvalue weighted by Crippen LogP contribution is -2.32. The van der Waals surface area contributed by atoms with Gasteiger partial charge >= 0.3 is 0 Å². The Labute approximate surface area is 202 Å². The van der Waals surface area contributed by atoms with E-state index in [1.807, 2.05) is 42.2 Å². The van der Waals surface area contributed by atoms with Crippen molar-refractivity contribution in [3.63, 3.8) is 0 Å². The van der Waals surface area contributed by atoms with Gasteiger partial charge in [-0.05, 0) is 49.9 Å². The maximum absolute atomic E-state index is 13.0. The molecule has 8 heteroatoms. The Morgan fingerprint density at radius 3 is 2.38 bits per heavy atom. The second kappa shape index (κ2) is 11.2. The number of rotatable bonds is 8. The monoisotopic (exact) mass is 486 g/mol. The number of para-hydroxylation sites is 1. The van der Waals surface area contributed by atoms with E-state index < -0.39 is 10.0 Å². The van der Waals surface area contributed by atoms with E-state index in [4.69, 9.17) is 9.47 Å². The van der Waals surface area contributed by atoms with Gasteiger partial charge in [0.2, 0.25) is 15.9 Å². The molecule has 0 spiro atoms. The Balaban J connectivity index is 1.36. The molecule has 1 saturated heterocycles. The van der Waals surface area contributed by atoms with Crippen molar-refractivity contribution >= 4 is 15.9 Å². The largest absolute Gasteiger partial charge is 0.486 e. The predicted molar refractivity (Wildman–Crippen MR) is 131 cm³/mol. The van der Waals surface area contributed by atoms with E-state index in [0.29, 0.717) is 57.1 Å². The van der Waals surface area contributed by atoms with Crippen molar-refractivity contribution in [2.75, 3.05) is 32.8 Å². The van der Waals surface area contributed by atoms with Crippen molar-refractivity contribution in [3.05, 3.63) is 53.6 Å². The fourth-order valence-corrected chi connectivity index (χ4v) is 6.03. The first-order valence-electron chi connectivity index (χ1n) is 12.2. The van der Waals surface area contributed by atoms with Crippen molar-refractivity contribution in [1.82, 2.24) is 9.21 Å². The Morgan fingerprint density at radius 1 is 0.971 bits per heavy atom. The highest BCUT2D eigenvalue weighted by molar-refractivity contribution is 7.89. The minimum atomic E-state index is -3.46. The molecule has 0 aromatic heterocycles. The molecule has 2 aromatic rings. The third-order valence-electron chi connectivity index (χ3n) is 6.50. The normalized spacial score (nSPS) is 16.6. The summed E-state index contributed by atoms with van der Waals surface area (Å²) in [5.74, 6) is 1.50. The van der Waals surface area contributed by atoms with Crippen LogP contribution in [0.1, 0.15) is 50.2 Å². The molecule has 0 aliphatic carbocycles. The topological polar surface area (TPSA) is 76.1 Å². The standard InChI is InChI=1S/C26H34N2O5S/c1-2-27(20-22-8-7-9-24-26(22)33-19-18-32-24)25(29)15-12-21-10-13-23(14-11-21)34(30,31)28-16-5-3-4-6-17-28/h7-11,13-14H,2-6,12,15-20H2,1H3. The summed E-state index contributed by atoms with van der Waals surface area (Å²) in [6.45, 7) is 5.25. The van der Waals surface area contributed by atoms with Crippen LogP contribution in [0.2, 0.25) is 0 Å². The molecule has 0 N–H and O–H groups in total. The highest BCUT2D eigenvalue weighted by atomic mass is 32.2. The minimum Gasteiger partial charge on any atom is -0.486 e. The molecule has 2 aliphatic heterocycles. The van der Waals surface area contributed by atoms with E-state index in [-0.39, 0.29) is 5.91 Å². The number of ether oxygens (including phenoxy) is 2. The molecule has 1 fully saturated rings. The lowest BCUT2D eigenvalue weighted by Gasteiger charge is -2.25. The van der Waals surface area contributed by atoms with Crippen molar-refractivity contribution in [1.29, 1.82) is 0 Å². The molecule has 0 saturated carbocycles. The van der Waals surface area contributed by atoms with Crippen LogP contribution in [0.4, 0.5) is 0 Å². The molecular formula is C26H34N2O5S. The van der Waals surface area contributed by atoms with Gasteiger partial charge in [0.1, 0.15) is 13.2 Å². The Kier molecular flexibility index (Phi) is 8.11. The summed E-state index contributed by atoms with van der Waals surface area (Å²) in [5, 5.41) is 0. The number of carbonyl (C=O) groups is 1. The van der Waals surface area contributed by atoms with Gasteiger partial charge in [0.05, 0.1) is 4.90 Å². The van der Waals surface area contributed by atoms with Crippen LogP contribution < -0.4 is 9.47 Å². The van der Waals surface area contributed by atoms with Crippen LogP contribution in [-0.2, 0) is 27.8 Å². The maximum atomic E-state index is 13.0. The Morgan fingerprint density at radius 2 is 1.68 bits per heavy atom. The van der Waals surface area contributed by atoms with Crippen molar-refractivity contribution in [3.8, 4) is 11.5 Å². The number of nitrogens with zero attached hydrogens (tertiary/aromatic N) is 2. The van der Waals surface area contributed by atoms with E-state index in [0.717, 1.165) is 48.3 Å². The molecule has 2 heterocycles. The molecule has 0 unspecified atom stereocenters. The number of carbonyl (C=O) groups excluding carboxylic acids is 1. The molecular weight excluding hydrogens is 452 g/mol. The van der Waals surface area contributed by atoms with Gasteiger partial charge in [-0.3, -0.25) is 4.79 Å². The molecule has 0 bridgehead atoms. The first-order valence-corrected chi connectivity index (χ1v) is 13.7. The quantitative estimate of drug-likeness (QED) is 0.564. The number of hydrogen-bond donors (Lipinski definition) is 0. The highest BCUT2D eigenvalue weighted by Gasteiger charge is 2.25. The maximum Gasteiger partial charge on any atom is 0.243 e. The average Bonchev–Trinajstić information content (AvgIpc) is 3.16. The van der Waals surface area contributed by atoms with Crippen LogP contribution in [0.15, 0.2) is 47.4 Å². The first kappa shape index (κ1) is 24.5. The zero-order valence-electron chi connectivity index (χ0n) is 19.9. The molecule has 7 nitrogen and oxygen atoms in total. The third kappa shape index (κ3) is 5.73. The van der Waals surface area contributed by atoms with Crippen molar-refractivity contribution in [2.45, 2.75) is 56.9 Å². The number of aryl methyl sites for hydroxylation is 1. The highest BCUT2D eigenvalue weighted by Crippen LogP contribution is 2.34. The SMILES string of the molecule is CCN(Cc1cccc2c1OCCO2)C(=O)CCc1ccc(S(=O)(=O)N2CCCCCC2)cc1. The summed E-state index contributed by atoms with van der Waals surface area (Å²) in [6.07, 6.45) is 4.92. The van der Waals surface area contributed by atoms with Crippen LogP contribution >= 0.6 is 0 Å². The Bertz CT molecular complexity index is 1080. The molecule has 1 amide bonds. The molecule has 4 rings (SSSR count). The second-order valence-corrected chi connectivity index (χ2v) is 10.7. The van der Waals surface area contributed by atoms with Gasteiger partial charge in [-0.15, -0.1) is 0 Å². The summed E-state index contributed by atoms with van der Waals surface area (Å²) in [5.41, 5.74) is 1.89. The molecule has 184 valence electrons. The second-order valence-electron chi connectivity index (χ2n) is 8.81. The number of sulfonamides is 1. The lowest BCUT2D eigenvalue weighted by atomic mass is 10.1. The van der Waals surface area contributed by atoms with Gasteiger partial charge < -0.3 is 14.4 Å². The lowest BCUT2D eigenvalue weighted by molar-refractivity contribution is -0.131. The number of benzene rings is 2. The van der Waals surface area contributed by atoms with Crippen LogP contribution in [0, 0.1) is 0 Å². The van der Waals surface area contributed by atoms with E-state index in [1.54, 1.807) is 16.4 Å². The molecule has 0 atom stereocenters. The smallest absolute Gasteiger partial charge is 0.243 e. The first-order chi connectivity index (χ1) is 16.5. The summed E-state index contributed by atoms with van der Waals surface area (Å²) in [4.78, 5) is 15.1. The minimum absolute atomic E-state index is 0.0538. The Hall–Kier alpha value is -2.58. The van der Waals surface area contributed by atoms with Gasteiger partial charge in [0.25, 0.3) is 0 Å². The summed E-state index contributed by atoms with van der Waals surface area (Å²) >= 11 is 0. The van der Waals surface area contributed by atoms with Crippen LogP contribution in [0.25, 0.3) is 0 Å². The van der Waals surface area contributed by atoms with Gasteiger partial charge in [-0.2, -0.15) is 4.31 Å². The van der Waals surface area contributed by atoms with E-state index in [2.05, 4.69) is 0 Å². The van der Waals surface area contributed by atoms with E-state index >= 15 is 0 Å². The van der Waals surface area contributed by atoms with Gasteiger partial charge in [0, 0.05) is 38.2 Å². The number of fused-ring (bicyclic) bond motifs is 1. The van der Waals surface area contributed by atoms with Crippen molar-refractivity contribution < 1.29 is 22.7 Å². The predicted octanol–water partition coefficient (Wildman–Crippen LogP) is 4.00. The molecule has 34 heavy (non-hydrogen) atoms. The summed E-state index contributed by atoms with van der Waals surface area (Å²) in [6, 6.07) is 12.8. The zero-order valence-corrected chi connectivity index (χ0v) is 20.7. The number of hydrogen-bond acceptors (Lipinski definition) is 5. The average molecular weight is 487 g/mol. The van der Waals surface area contributed by atoms with Crippen LogP contribution in [0.5, 0.6) is 11.5 Å². The molecule has 0 radical (unpaired) electrons. The summed E-state index contributed by atoms with van der Waals surface area (Å²) < 4.78 is 39.0. The van der Waals surface area contributed by atoms with Crippen LogP contribution in [0.3, 0.4) is 0 Å². The van der Waals surface area contributed by atoms with E-state index in [9.17, 15) is 13.2 Å². The molecule has 2 aromatic carbocycles. The van der Waals surface area contributed by atoms with Crippen LogP contribution in [-0.4, -0.2) is 56.4 Å². The fourth-order valence-electron chi connectivity index (χ4n) is 4.51. The van der Waals surface area contributed by atoms with Gasteiger partial charge in [0.15, 0.2) is 11.5 Å². The third-order valence-corrected chi connectivity index (χ3v) is 8.41. The van der Waals surface area contributed by atoms with Gasteiger partial charge in [-0.25, -0.2) is 8.42 Å². The zero-order chi connectivity index (χ0) is 24.0. The fraction of sp³-hybridized carbons (Fsp3) is 0.500. The number of amides is 1. The van der Waals surface area contributed by atoms with Gasteiger partial charge in [-0.1, -0.05) is 37.1 Å². The van der Waals surface area contributed by atoms with E-state index in [1.165, 1.54) is 0 Å². The summed E-state index contributed by atoms with van der Waals surface area (Å²) in [7, 11) is -3.46.